The fourth-order valence-electron chi connectivity index (χ4n) is 2.98. The highest BCUT2D eigenvalue weighted by Gasteiger charge is 2.43. The van der Waals surface area contributed by atoms with Crippen LogP contribution in [0.2, 0.25) is 0 Å². The molecule has 0 amide bonds. The molecule has 1 N–H and O–H groups in total. The van der Waals surface area contributed by atoms with Crippen molar-refractivity contribution in [2.75, 3.05) is 0 Å². The van der Waals surface area contributed by atoms with Gasteiger partial charge in [-0.05, 0) is 24.1 Å². The first-order valence-electron chi connectivity index (χ1n) is 7.75. The van der Waals surface area contributed by atoms with Crippen molar-refractivity contribution in [3.8, 4) is 28.8 Å². The van der Waals surface area contributed by atoms with E-state index in [1.165, 1.54) is 18.3 Å². The zero-order valence-corrected chi connectivity index (χ0v) is 13.7. The van der Waals surface area contributed by atoms with E-state index in [9.17, 15) is 18.8 Å². The van der Waals surface area contributed by atoms with E-state index in [2.05, 4.69) is 19.6 Å². The molecule has 1 aliphatic heterocycles. The van der Waals surface area contributed by atoms with Crippen molar-refractivity contribution in [3.63, 3.8) is 0 Å². The number of aromatic nitrogens is 3. The van der Waals surface area contributed by atoms with Crippen LogP contribution in [0.5, 0.6) is 11.5 Å². The van der Waals surface area contributed by atoms with Crippen molar-refractivity contribution in [1.29, 1.82) is 5.26 Å². The normalized spacial score (nSPS) is 14.8. The molecular formula is C17H12F2N4O3. The maximum Gasteiger partial charge on any atom is 0.586 e. The Kier molecular flexibility index (Phi) is 3.27. The largest absolute Gasteiger partial charge is 0.586 e. The molecule has 3 aromatic rings. The van der Waals surface area contributed by atoms with Crippen LogP contribution < -0.4 is 15.0 Å². The Morgan fingerprint density at radius 3 is 2.73 bits per heavy atom. The molecule has 0 saturated carbocycles. The molecule has 0 radical (unpaired) electrons. The Morgan fingerprint density at radius 2 is 2.04 bits per heavy atom. The minimum absolute atomic E-state index is 0.0876. The van der Waals surface area contributed by atoms with Crippen LogP contribution in [0.4, 0.5) is 8.78 Å². The standard InChI is InChI=1S/C17H12F2N4O3/c1-8(2)13-14(22-15-10(6-20)7-21-23(15)16(13)24)9-3-4-11-12(5-9)26-17(18,19)25-11/h3-5,7-8,22H,1-2H3. The number of fused-ring (bicyclic) bond motifs is 2. The lowest BCUT2D eigenvalue weighted by Crippen LogP contribution is -2.25. The molecule has 0 fully saturated rings. The van der Waals surface area contributed by atoms with Crippen LogP contribution in [0.25, 0.3) is 16.9 Å². The first-order chi connectivity index (χ1) is 12.3. The van der Waals surface area contributed by atoms with Crippen molar-refractivity contribution in [1.82, 2.24) is 14.6 Å². The third-order valence-electron chi connectivity index (χ3n) is 4.09. The third kappa shape index (κ3) is 2.30. The lowest BCUT2D eigenvalue weighted by atomic mass is 9.98. The highest BCUT2D eigenvalue weighted by Crippen LogP contribution is 2.43. The lowest BCUT2D eigenvalue weighted by Gasteiger charge is -2.13. The number of nitrogens with one attached hydrogen (secondary N) is 1. The third-order valence-corrected chi connectivity index (χ3v) is 4.09. The van der Waals surface area contributed by atoms with E-state index in [1.807, 2.05) is 19.9 Å². The minimum Gasteiger partial charge on any atom is -0.395 e. The second-order valence-corrected chi connectivity index (χ2v) is 6.13. The SMILES string of the molecule is CC(C)c1c(-c2ccc3c(c2)OC(F)(F)O3)[nH]c2c(C#N)cnn2c1=O. The molecule has 9 heteroatoms. The topological polar surface area (TPSA) is 92.4 Å². The summed E-state index contributed by atoms with van der Waals surface area (Å²) >= 11 is 0. The van der Waals surface area contributed by atoms with Crippen LogP contribution >= 0.6 is 0 Å². The number of H-pyrrole nitrogens is 1. The van der Waals surface area contributed by atoms with E-state index in [-0.39, 0.29) is 34.2 Å². The summed E-state index contributed by atoms with van der Waals surface area (Å²) in [5.74, 6) is -0.396. The quantitative estimate of drug-likeness (QED) is 0.760. The van der Waals surface area contributed by atoms with Gasteiger partial charge in [0.25, 0.3) is 5.56 Å². The molecule has 0 aliphatic carbocycles. The van der Waals surface area contributed by atoms with Gasteiger partial charge in [0, 0.05) is 11.1 Å². The van der Waals surface area contributed by atoms with E-state index in [0.717, 1.165) is 4.52 Å². The number of hydrogen-bond donors (Lipinski definition) is 1. The van der Waals surface area contributed by atoms with Crippen molar-refractivity contribution >= 4 is 5.65 Å². The Bertz CT molecular complexity index is 1140. The smallest absolute Gasteiger partial charge is 0.395 e. The summed E-state index contributed by atoms with van der Waals surface area (Å²) in [4.78, 5) is 15.9. The summed E-state index contributed by atoms with van der Waals surface area (Å²) in [6.07, 6.45) is -2.43. The fraction of sp³-hybridized carbons (Fsp3) is 0.235. The first-order valence-corrected chi connectivity index (χ1v) is 7.75. The number of benzene rings is 1. The van der Waals surface area contributed by atoms with Gasteiger partial charge in [0.15, 0.2) is 17.1 Å². The molecule has 2 aromatic heterocycles. The molecule has 1 aromatic carbocycles. The van der Waals surface area contributed by atoms with E-state index in [4.69, 9.17) is 0 Å². The van der Waals surface area contributed by atoms with Crippen molar-refractivity contribution in [2.45, 2.75) is 26.1 Å². The lowest BCUT2D eigenvalue weighted by molar-refractivity contribution is -0.286. The first kappa shape index (κ1) is 16.1. The molecule has 0 bridgehead atoms. The van der Waals surface area contributed by atoms with Gasteiger partial charge < -0.3 is 14.5 Å². The maximum atomic E-state index is 13.3. The summed E-state index contributed by atoms with van der Waals surface area (Å²) in [5, 5.41) is 13.1. The number of ether oxygens (including phenoxy) is 2. The van der Waals surface area contributed by atoms with Gasteiger partial charge in [0.2, 0.25) is 0 Å². The van der Waals surface area contributed by atoms with Crippen LogP contribution in [0.15, 0.2) is 29.2 Å². The van der Waals surface area contributed by atoms with E-state index >= 15 is 0 Å². The van der Waals surface area contributed by atoms with Crippen LogP contribution in [-0.2, 0) is 0 Å². The number of aromatic amines is 1. The van der Waals surface area contributed by atoms with Gasteiger partial charge in [-0.3, -0.25) is 4.79 Å². The average molecular weight is 358 g/mol. The number of halogens is 2. The van der Waals surface area contributed by atoms with Crippen molar-refractivity contribution < 1.29 is 18.3 Å². The maximum absolute atomic E-state index is 13.3. The highest BCUT2D eigenvalue weighted by atomic mass is 19.3. The van der Waals surface area contributed by atoms with Gasteiger partial charge in [0.1, 0.15) is 11.6 Å². The minimum atomic E-state index is -3.72. The second-order valence-electron chi connectivity index (χ2n) is 6.13. The summed E-state index contributed by atoms with van der Waals surface area (Å²) in [5.41, 5.74) is 1.34. The molecule has 0 atom stereocenters. The Balaban J connectivity index is 1.99. The molecule has 4 rings (SSSR count). The van der Waals surface area contributed by atoms with Gasteiger partial charge in [-0.1, -0.05) is 13.8 Å². The summed E-state index contributed by atoms with van der Waals surface area (Å²) in [6, 6.07) is 6.22. The number of nitriles is 1. The van der Waals surface area contributed by atoms with Gasteiger partial charge in [-0.2, -0.15) is 14.9 Å². The van der Waals surface area contributed by atoms with E-state index in [1.54, 1.807) is 6.07 Å². The van der Waals surface area contributed by atoms with E-state index in [0.29, 0.717) is 16.8 Å². The van der Waals surface area contributed by atoms with Crippen molar-refractivity contribution in [2.24, 2.45) is 0 Å². The van der Waals surface area contributed by atoms with Crippen LogP contribution in [-0.4, -0.2) is 20.9 Å². The Morgan fingerprint density at radius 1 is 1.31 bits per heavy atom. The van der Waals surface area contributed by atoms with Crippen LogP contribution in [0.1, 0.15) is 30.9 Å². The van der Waals surface area contributed by atoms with E-state index < -0.39 is 6.29 Å². The van der Waals surface area contributed by atoms with Gasteiger partial charge >= 0.3 is 6.29 Å². The molecule has 0 saturated heterocycles. The predicted octanol–water partition coefficient (Wildman–Crippen LogP) is 3.01. The van der Waals surface area contributed by atoms with Gasteiger partial charge in [-0.25, -0.2) is 0 Å². The average Bonchev–Trinajstić information content (AvgIpc) is 3.12. The predicted molar refractivity (Wildman–Crippen MR) is 86.3 cm³/mol. The summed E-state index contributed by atoms with van der Waals surface area (Å²) in [7, 11) is 0. The Labute approximate surface area is 145 Å². The summed E-state index contributed by atoms with van der Waals surface area (Å²) in [6.45, 7) is 3.66. The number of nitrogens with zero attached hydrogens (tertiary/aromatic N) is 3. The molecule has 132 valence electrons. The molecule has 1 aliphatic rings. The second kappa shape index (κ2) is 5.29. The monoisotopic (exact) mass is 358 g/mol. The van der Waals surface area contributed by atoms with Crippen LogP contribution in [0.3, 0.4) is 0 Å². The summed E-state index contributed by atoms with van der Waals surface area (Å²) < 4.78 is 36.5. The molecule has 0 spiro atoms. The Hall–Kier alpha value is -3.41. The van der Waals surface area contributed by atoms with Crippen molar-refractivity contribution in [3.05, 3.63) is 45.9 Å². The number of alkyl halides is 2. The molecule has 7 nitrogen and oxygen atoms in total. The fourth-order valence-corrected chi connectivity index (χ4v) is 2.98. The number of hydrogen-bond acceptors (Lipinski definition) is 5. The van der Waals surface area contributed by atoms with Crippen LogP contribution in [0, 0.1) is 11.3 Å². The number of rotatable bonds is 2. The molecule has 26 heavy (non-hydrogen) atoms. The van der Waals surface area contributed by atoms with Gasteiger partial charge in [0.05, 0.1) is 11.9 Å². The molecular weight excluding hydrogens is 346 g/mol. The molecule has 3 heterocycles. The zero-order valence-electron chi connectivity index (χ0n) is 13.7. The highest BCUT2D eigenvalue weighted by molar-refractivity contribution is 5.70. The zero-order chi connectivity index (χ0) is 18.6. The van der Waals surface area contributed by atoms with Gasteiger partial charge in [-0.15, -0.1) is 8.78 Å². The molecule has 0 unspecified atom stereocenters.